The van der Waals surface area contributed by atoms with Gasteiger partial charge in [0.05, 0.1) is 12.0 Å². The minimum absolute atomic E-state index is 0.0711. The van der Waals surface area contributed by atoms with Gasteiger partial charge in [0.2, 0.25) is 0 Å². The molecule has 0 radical (unpaired) electrons. The summed E-state index contributed by atoms with van der Waals surface area (Å²) in [4.78, 5) is 38.4. The molecule has 2 aromatic heterocycles. The summed E-state index contributed by atoms with van der Waals surface area (Å²) in [5.74, 6) is -1.83. The Hall–Kier alpha value is -2.87. The number of ether oxygens (including phenoxy) is 1. The van der Waals surface area contributed by atoms with Gasteiger partial charge < -0.3 is 19.8 Å². The van der Waals surface area contributed by atoms with Crippen molar-refractivity contribution < 1.29 is 23.5 Å². The van der Waals surface area contributed by atoms with Crippen molar-refractivity contribution in [2.24, 2.45) is 0 Å². The number of halogens is 1. The number of anilines is 1. The first-order valence-corrected chi connectivity index (χ1v) is 6.82. The van der Waals surface area contributed by atoms with Crippen molar-refractivity contribution in [3.8, 4) is 0 Å². The lowest BCUT2D eigenvalue weighted by molar-refractivity contribution is -0.146. The van der Waals surface area contributed by atoms with Crippen molar-refractivity contribution in [3.05, 3.63) is 47.6 Å². The number of pyridine rings is 1. The summed E-state index contributed by atoms with van der Waals surface area (Å²) >= 11 is 5.77. The van der Waals surface area contributed by atoms with E-state index >= 15 is 0 Å². The van der Waals surface area contributed by atoms with Crippen LogP contribution in [0.2, 0.25) is 5.15 Å². The van der Waals surface area contributed by atoms with Gasteiger partial charge >= 0.3 is 5.97 Å². The third kappa shape index (κ3) is 5.11. The first-order valence-electron chi connectivity index (χ1n) is 6.44. The van der Waals surface area contributed by atoms with Gasteiger partial charge in [-0.1, -0.05) is 11.6 Å². The second kappa shape index (κ2) is 7.95. The molecule has 2 rings (SSSR count). The quantitative estimate of drug-likeness (QED) is 0.606. The highest BCUT2D eigenvalue weighted by Crippen LogP contribution is 2.16. The molecule has 23 heavy (non-hydrogen) atoms. The van der Waals surface area contributed by atoms with Crippen LogP contribution in [0, 0.1) is 0 Å². The van der Waals surface area contributed by atoms with E-state index in [0.717, 1.165) is 0 Å². The van der Waals surface area contributed by atoms with Crippen LogP contribution in [0.5, 0.6) is 0 Å². The molecule has 120 valence electrons. The molecule has 2 amide bonds. The first kappa shape index (κ1) is 16.5. The first-order chi connectivity index (χ1) is 11.1. The number of carbonyl (C=O) groups is 3. The van der Waals surface area contributed by atoms with Crippen LogP contribution in [0.25, 0.3) is 0 Å². The molecule has 9 heteroatoms. The Morgan fingerprint density at radius 2 is 2.09 bits per heavy atom. The molecule has 0 aliphatic heterocycles. The van der Waals surface area contributed by atoms with E-state index in [2.05, 4.69) is 15.6 Å². The van der Waals surface area contributed by atoms with Crippen LogP contribution in [0.15, 0.2) is 41.1 Å². The fourth-order valence-corrected chi connectivity index (χ4v) is 1.68. The van der Waals surface area contributed by atoms with E-state index in [1.807, 2.05) is 0 Å². The molecule has 8 nitrogen and oxygen atoms in total. The molecule has 0 aromatic carbocycles. The van der Waals surface area contributed by atoms with Crippen molar-refractivity contribution >= 4 is 35.1 Å². The Balaban J connectivity index is 1.71. The van der Waals surface area contributed by atoms with Crippen molar-refractivity contribution in [3.63, 3.8) is 0 Å². The average molecular weight is 338 g/mol. The van der Waals surface area contributed by atoms with Crippen molar-refractivity contribution in [1.82, 2.24) is 10.3 Å². The molecule has 0 spiro atoms. The molecule has 2 heterocycles. The van der Waals surface area contributed by atoms with Crippen molar-refractivity contribution in [1.29, 1.82) is 0 Å². The number of nitrogens with one attached hydrogen (secondary N) is 2. The molecular formula is C14H12ClN3O5. The number of esters is 1. The largest absolute Gasteiger partial charge is 0.459 e. The summed E-state index contributed by atoms with van der Waals surface area (Å²) in [6.07, 6.45) is 2.81. The second-order valence-electron chi connectivity index (χ2n) is 4.21. The number of rotatable bonds is 6. The Morgan fingerprint density at radius 1 is 1.26 bits per heavy atom. The zero-order chi connectivity index (χ0) is 16.7. The van der Waals surface area contributed by atoms with E-state index < -0.39 is 24.4 Å². The van der Waals surface area contributed by atoms with Crippen molar-refractivity contribution in [2.75, 3.05) is 18.5 Å². The van der Waals surface area contributed by atoms with Crippen LogP contribution < -0.4 is 10.6 Å². The van der Waals surface area contributed by atoms with Gasteiger partial charge in [-0.2, -0.15) is 0 Å². The summed E-state index contributed by atoms with van der Waals surface area (Å²) in [6.45, 7) is -0.902. The van der Waals surface area contributed by atoms with E-state index in [1.54, 1.807) is 18.2 Å². The van der Waals surface area contributed by atoms with Gasteiger partial charge in [-0.25, -0.2) is 4.98 Å². The highest BCUT2D eigenvalue weighted by molar-refractivity contribution is 6.32. The third-order valence-corrected chi connectivity index (χ3v) is 2.84. The number of carbonyl (C=O) groups excluding carboxylic acids is 3. The lowest BCUT2D eigenvalue weighted by Gasteiger charge is -2.07. The van der Waals surface area contributed by atoms with Crippen molar-refractivity contribution in [2.45, 2.75) is 0 Å². The van der Waals surface area contributed by atoms with E-state index in [9.17, 15) is 14.4 Å². The van der Waals surface area contributed by atoms with Crippen LogP contribution in [0.4, 0.5) is 5.69 Å². The van der Waals surface area contributed by atoms with Crippen LogP contribution in [0.1, 0.15) is 10.6 Å². The second-order valence-corrected chi connectivity index (χ2v) is 4.57. The Kier molecular flexibility index (Phi) is 5.70. The lowest BCUT2D eigenvalue weighted by Crippen LogP contribution is -2.32. The summed E-state index contributed by atoms with van der Waals surface area (Å²) in [5.41, 5.74) is 0.307. The minimum atomic E-state index is -0.766. The fourth-order valence-electron chi connectivity index (χ4n) is 1.51. The van der Waals surface area contributed by atoms with Crippen LogP contribution in [-0.2, 0) is 14.3 Å². The van der Waals surface area contributed by atoms with Gasteiger partial charge in [0.1, 0.15) is 6.54 Å². The van der Waals surface area contributed by atoms with Crippen LogP contribution in [0.3, 0.4) is 0 Å². The molecule has 0 bridgehead atoms. The van der Waals surface area contributed by atoms with Crippen LogP contribution >= 0.6 is 11.6 Å². The molecule has 0 aliphatic carbocycles. The number of amides is 2. The summed E-state index contributed by atoms with van der Waals surface area (Å²) in [6, 6.07) is 6.14. The summed E-state index contributed by atoms with van der Waals surface area (Å²) < 4.78 is 9.58. The van der Waals surface area contributed by atoms with Gasteiger partial charge in [0.25, 0.3) is 11.8 Å². The molecule has 0 saturated carbocycles. The number of furan rings is 1. The zero-order valence-electron chi connectivity index (χ0n) is 11.7. The fraction of sp³-hybridized carbons (Fsp3) is 0.143. The number of nitrogens with zero attached hydrogens (tertiary/aromatic N) is 1. The molecule has 0 aliphatic rings. The standard InChI is InChI=1S/C14H12ClN3O5/c15-13-9(3-1-5-16-13)18-11(19)8-23-12(20)7-17-14(21)10-4-2-6-22-10/h1-6H,7-8H2,(H,17,21)(H,18,19). The van der Waals surface area contributed by atoms with E-state index in [-0.39, 0.29) is 17.5 Å². The highest BCUT2D eigenvalue weighted by Gasteiger charge is 2.13. The molecular weight excluding hydrogens is 326 g/mol. The van der Waals surface area contributed by atoms with Gasteiger partial charge in [0.15, 0.2) is 17.5 Å². The highest BCUT2D eigenvalue weighted by atomic mass is 35.5. The lowest BCUT2D eigenvalue weighted by atomic mass is 10.4. The summed E-state index contributed by atoms with van der Waals surface area (Å²) in [7, 11) is 0. The SMILES string of the molecule is O=C(COC(=O)CNC(=O)c1ccco1)Nc1cccnc1Cl. The minimum Gasteiger partial charge on any atom is -0.459 e. The summed E-state index contributed by atoms with van der Waals surface area (Å²) in [5, 5.41) is 4.86. The smallest absolute Gasteiger partial charge is 0.325 e. The maximum absolute atomic E-state index is 11.6. The maximum Gasteiger partial charge on any atom is 0.325 e. The zero-order valence-corrected chi connectivity index (χ0v) is 12.5. The molecule has 0 atom stereocenters. The molecule has 0 saturated heterocycles. The van der Waals surface area contributed by atoms with Gasteiger partial charge in [0, 0.05) is 6.20 Å². The number of aromatic nitrogens is 1. The maximum atomic E-state index is 11.6. The molecule has 2 aromatic rings. The van der Waals surface area contributed by atoms with Gasteiger partial charge in [-0.3, -0.25) is 14.4 Å². The van der Waals surface area contributed by atoms with Gasteiger partial charge in [-0.05, 0) is 24.3 Å². The van der Waals surface area contributed by atoms with E-state index in [1.165, 1.54) is 18.5 Å². The number of hydrogen-bond donors (Lipinski definition) is 2. The van der Waals surface area contributed by atoms with E-state index in [0.29, 0.717) is 5.69 Å². The predicted molar refractivity (Wildman–Crippen MR) is 79.9 cm³/mol. The predicted octanol–water partition coefficient (Wildman–Crippen LogP) is 1.24. The van der Waals surface area contributed by atoms with Crippen LogP contribution in [-0.4, -0.2) is 35.9 Å². The Bertz CT molecular complexity index is 702. The normalized spacial score (nSPS) is 9.96. The molecule has 0 unspecified atom stereocenters. The third-order valence-electron chi connectivity index (χ3n) is 2.54. The Morgan fingerprint density at radius 3 is 2.78 bits per heavy atom. The molecule has 2 N–H and O–H groups in total. The Labute approximate surface area is 135 Å². The monoisotopic (exact) mass is 337 g/mol. The van der Waals surface area contributed by atoms with Gasteiger partial charge in [-0.15, -0.1) is 0 Å². The number of hydrogen-bond acceptors (Lipinski definition) is 6. The topological polar surface area (TPSA) is 111 Å². The average Bonchev–Trinajstić information content (AvgIpc) is 3.07. The van der Waals surface area contributed by atoms with E-state index in [4.69, 9.17) is 20.8 Å². The molecule has 0 fully saturated rings.